The maximum Gasteiger partial charge on any atom is 0.320 e. The van der Waals surface area contributed by atoms with Crippen molar-refractivity contribution >= 4 is 11.9 Å². The number of rotatable bonds is 6. The number of hydrogen-bond donors (Lipinski definition) is 4. The Bertz CT molecular complexity index is 581. The first kappa shape index (κ1) is 22.8. The van der Waals surface area contributed by atoms with Gasteiger partial charge in [0, 0.05) is 16.5 Å². The van der Waals surface area contributed by atoms with E-state index in [1.165, 1.54) is 0 Å². The number of aliphatic carboxylic acids is 2. The molecule has 2 aromatic carbocycles. The second kappa shape index (κ2) is 12.2. The molecule has 0 aromatic heterocycles. The van der Waals surface area contributed by atoms with E-state index in [0.29, 0.717) is 12.8 Å². The van der Waals surface area contributed by atoms with E-state index in [9.17, 15) is 9.59 Å². The largest absolute Gasteiger partial charge is 0.480 e. The van der Waals surface area contributed by atoms with Crippen LogP contribution in [0.2, 0.25) is 0 Å². The van der Waals surface area contributed by atoms with Gasteiger partial charge in [-0.15, -0.1) is 0 Å². The van der Waals surface area contributed by atoms with E-state index < -0.39 is 24.0 Å². The molecule has 0 spiro atoms. The number of carboxylic acids is 2. The van der Waals surface area contributed by atoms with Gasteiger partial charge in [0.15, 0.2) is 0 Å². The molecule has 0 saturated heterocycles. The van der Waals surface area contributed by atoms with Crippen molar-refractivity contribution in [1.29, 1.82) is 0 Å². The van der Waals surface area contributed by atoms with Gasteiger partial charge in [-0.1, -0.05) is 60.7 Å². The molecule has 7 heteroatoms. The zero-order chi connectivity index (χ0) is 17.9. The Morgan fingerprint density at radius 3 is 1.24 bits per heavy atom. The monoisotopic (exact) mass is 388 g/mol. The molecule has 0 aliphatic carbocycles. The third-order valence-electron chi connectivity index (χ3n) is 3.23. The van der Waals surface area contributed by atoms with Crippen LogP contribution in [0.4, 0.5) is 0 Å². The number of hydrogen-bond acceptors (Lipinski definition) is 4. The molecule has 0 aliphatic heterocycles. The number of carbonyl (C=O) groups is 2. The molecular weight excluding hydrogens is 367 g/mol. The predicted molar refractivity (Wildman–Crippen MR) is 91.5 cm³/mol. The SMILES string of the molecule is NC(Cc1ccccc1)C(=O)O.NC(Cc1ccccc1)C(=O)O.[Ni]. The quantitative estimate of drug-likeness (QED) is 0.552. The Kier molecular flexibility index (Phi) is 11.1. The van der Waals surface area contributed by atoms with Crippen LogP contribution in [-0.2, 0) is 38.9 Å². The van der Waals surface area contributed by atoms with Gasteiger partial charge in [0.25, 0.3) is 0 Å². The van der Waals surface area contributed by atoms with E-state index >= 15 is 0 Å². The van der Waals surface area contributed by atoms with Crippen LogP contribution in [0.3, 0.4) is 0 Å². The van der Waals surface area contributed by atoms with Crippen LogP contribution in [0, 0.1) is 0 Å². The molecule has 138 valence electrons. The standard InChI is InChI=1S/2C9H11NO2.Ni/c2*10-8(9(11)12)6-7-4-2-1-3-5-7;/h2*1-5,8H,6,10H2,(H,11,12);. The van der Waals surface area contributed by atoms with Crippen molar-refractivity contribution in [1.82, 2.24) is 0 Å². The minimum Gasteiger partial charge on any atom is -0.480 e. The fourth-order valence-electron chi connectivity index (χ4n) is 1.91. The average Bonchev–Trinajstić information content (AvgIpc) is 2.57. The van der Waals surface area contributed by atoms with Crippen molar-refractivity contribution in [3.05, 3.63) is 71.8 Å². The van der Waals surface area contributed by atoms with Gasteiger partial charge in [0.1, 0.15) is 12.1 Å². The summed E-state index contributed by atoms with van der Waals surface area (Å²) in [6.07, 6.45) is 0.770. The molecule has 25 heavy (non-hydrogen) atoms. The van der Waals surface area contributed by atoms with Gasteiger partial charge in [-0.2, -0.15) is 0 Å². The van der Waals surface area contributed by atoms with E-state index in [-0.39, 0.29) is 16.5 Å². The molecule has 6 nitrogen and oxygen atoms in total. The van der Waals surface area contributed by atoms with E-state index in [2.05, 4.69) is 0 Å². The first-order valence-corrected chi connectivity index (χ1v) is 7.44. The van der Waals surface area contributed by atoms with Gasteiger partial charge >= 0.3 is 11.9 Å². The van der Waals surface area contributed by atoms with Crippen LogP contribution in [0.1, 0.15) is 11.1 Å². The Balaban J connectivity index is 0.000000443. The summed E-state index contributed by atoms with van der Waals surface area (Å²) < 4.78 is 0. The molecule has 6 N–H and O–H groups in total. The summed E-state index contributed by atoms with van der Waals surface area (Å²) in [6.45, 7) is 0. The summed E-state index contributed by atoms with van der Waals surface area (Å²) in [5, 5.41) is 17.0. The van der Waals surface area contributed by atoms with Gasteiger partial charge in [0.05, 0.1) is 0 Å². The first-order valence-electron chi connectivity index (χ1n) is 7.44. The molecule has 2 unspecified atom stereocenters. The van der Waals surface area contributed by atoms with Crippen molar-refractivity contribution in [3.63, 3.8) is 0 Å². The molecule has 0 fully saturated rings. The third kappa shape index (κ3) is 9.62. The summed E-state index contributed by atoms with van der Waals surface area (Å²) in [4.78, 5) is 20.8. The van der Waals surface area contributed by atoms with Gasteiger partial charge in [-0.05, 0) is 24.0 Å². The van der Waals surface area contributed by atoms with Crippen LogP contribution in [-0.4, -0.2) is 34.2 Å². The van der Waals surface area contributed by atoms with Crippen LogP contribution in [0.5, 0.6) is 0 Å². The van der Waals surface area contributed by atoms with Crippen molar-refractivity contribution in [2.24, 2.45) is 11.5 Å². The Labute approximate surface area is 156 Å². The van der Waals surface area contributed by atoms with Gasteiger partial charge in [-0.25, -0.2) is 0 Å². The molecule has 2 atom stereocenters. The maximum absolute atomic E-state index is 10.4. The van der Waals surface area contributed by atoms with E-state index in [1.807, 2.05) is 60.7 Å². The van der Waals surface area contributed by atoms with Crippen molar-refractivity contribution in [3.8, 4) is 0 Å². The summed E-state index contributed by atoms with van der Waals surface area (Å²) >= 11 is 0. The predicted octanol–water partition coefficient (Wildman–Crippen LogP) is 1.28. The smallest absolute Gasteiger partial charge is 0.320 e. The van der Waals surface area contributed by atoms with Crippen LogP contribution < -0.4 is 11.5 Å². The van der Waals surface area contributed by atoms with Crippen LogP contribution >= 0.6 is 0 Å². The van der Waals surface area contributed by atoms with Gasteiger partial charge < -0.3 is 21.7 Å². The van der Waals surface area contributed by atoms with E-state index in [0.717, 1.165) is 11.1 Å². The molecule has 0 amide bonds. The summed E-state index contributed by atoms with van der Waals surface area (Å²) in [5.74, 6) is -1.92. The van der Waals surface area contributed by atoms with Crippen molar-refractivity contribution < 1.29 is 36.3 Å². The van der Waals surface area contributed by atoms with Gasteiger partial charge in [0.2, 0.25) is 0 Å². The van der Waals surface area contributed by atoms with Crippen LogP contribution in [0.15, 0.2) is 60.7 Å². The molecule has 0 heterocycles. The minimum atomic E-state index is -0.959. The molecular formula is C18H22N2NiO4. The Morgan fingerprint density at radius 2 is 1.00 bits per heavy atom. The zero-order valence-corrected chi connectivity index (χ0v) is 14.5. The average molecular weight is 389 g/mol. The maximum atomic E-state index is 10.4. The minimum absolute atomic E-state index is 0. The van der Waals surface area contributed by atoms with Crippen molar-refractivity contribution in [2.45, 2.75) is 24.9 Å². The topological polar surface area (TPSA) is 127 Å². The van der Waals surface area contributed by atoms with E-state index in [1.54, 1.807) is 0 Å². The molecule has 0 aliphatic rings. The number of carboxylic acid groups (broad SMARTS) is 2. The second-order valence-corrected chi connectivity index (χ2v) is 5.27. The molecule has 0 bridgehead atoms. The molecule has 2 rings (SSSR count). The third-order valence-corrected chi connectivity index (χ3v) is 3.23. The summed E-state index contributed by atoms with van der Waals surface area (Å²) in [6, 6.07) is 17.1. The van der Waals surface area contributed by atoms with Crippen LogP contribution in [0.25, 0.3) is 0 Å². The van der Waals surface area contributed by atoms with Crippen molar-refractivity contribution in [2.75, 3.05) is 0 Å². The fraction of sp³-hybridized carbons (Fsp3) is 0.222. The Morgan fingerprint density at radius 1 is 0.720 bits per heavy atom. The van der Waals surface area contributed by atoms with E-state index in [4.69, 9.17) is 21.7 Å². The van der Waals surface area contributed by atoms with Gasteiger partial charge in [-0.3, -0.25) is 9.59 Å². The fourth-order valence-corrected chi connectivity index (χ4v) is 1.91. The molecule has 0 saturated carbocycles. The molecule has 2 aromatic rings. The first-order chi connectivity index (χ1) is 11.4. The second-order valence-electron chi connectivity index (χ2n) is 5.27. The number of nitrogens with two attached hydrogens (primary N) is 2. The number of benzene rings is 2. The summed E-state index contributed by atoms with van der Waals surface area (Å²) in [7, 11) is 0. The molecule has 0 radical (unpaired) electrons. The summed E-state index contributed by atoms with van der Waals surface area (Å²) in [5.41, 5.74) is 12.6. The Hall–Kier alpha value is -2.21. The normalized spacial score (nSPS) is 11.9. The zero-order valence-electron chi connectivity index (χ0n) is 13.5.